The molecule has 1 heterocycles. The highest BCUT2D eigenvalue weighted by molar-refractivity contribution is 7.89. The van der Waals surface area contributed by atoms with E-state index in [1.807, 2.05) is 0 Å². The number of carbonyl (C=O) groups is 2. The van der Waals surface area contributed by atoms with Gasteiger partial charge < -0.3 is 10.2 Å². The second-order valence-electron chi connectivity index (χ2n) is 7.30. The Morgan fingerprint density at radius 1 is 1.16 bits per heavy atom. The average molecular weight is 367 g/mol. The number of likely N-dealkylation sites (tertiary alicyclic amines) is 1. The van der Waals surface area contributed by atoms with Gasteiger partial charge in [-0.15, -0.1) is 0 Å². The van der Waals surface area contributed by atoms with Crippen LogP contribution in [0.4, 0.5) is 0 Å². The van der Waals surface area contributed by atoms with Crippen LogP contribution in [0.2, 0.25) is 0 Å². The van der Waals surface area contributed by atoms with Gasteiger partial charge >= 0.3 is 0 Å². The van der Waals surface area contributed by atoms with Gasteiger partial charge in [0.15, 0.2) is 0 Å². The Hall–Kier alpha value is -1.93. The van der Waals surface area contributed by atoms with Gasteiger partial charge in [0.25, 0.3) is 5.91 Å². The van der Waals surface area contributed by atoms with Crippen LogP contribution >= 0.6 is 0 Å². The Labute approximate surface area is 148 Å². The third-order valence-corrected chi connectivity index (χ3v) is 5.61. The molecule has 1 saturated heterocycles. The normalized spacial score (nSPS) is 18.2. The van der Waals surface area contributed by atoms with E-state index in [4.69, 9.17) is 0 Å². The van der Waals surface area contributed by atoms with Crippen LogP contribution in [0, 0.1) is 0 Å². The highest BCUT2D eigenvalue weighted by Crippen LogP contribution is 2.15. The number of nitrogens with one attached hydrogen (secondary N) is 2. The third kappa shape index (κ3) is 5.27. The number of sulfonamides is 1. The lowest BCUT2D eigenvalue weighted by molar-refractivity contribution is -0.127. The maximum atomic E-state index is 12.3. The quantitative estimate of drug-likeness (QED) is 0.833. The molecular formula is C17H25N3O4S. The van der Waals surface area contributed by atoms with Crippen molar-refractivity contribution in [1.29, 1.82) is 0 Å². The minimum Gasteiger partial charge on any atom is -0.347 e. The van der Waals surface area contributed by atoms with E-state index in [0.29, 0.717) is 25.1 Å². The minimum absolute atomic E-state index is 0.00217. The molecule has 1 aliphatic rings. The van der Waals surface area contributed by atoms with E-state index in [2.05, 4.69) is 10.0 Å². The Kier molecular flexibility index (Phi) is 5.53. The molecule has 138 valence electrons. The molecule has 7 nitrogen and oxygen atoms in total. The maximum absolute atomic E-state index is 12.3. The van der Waals surface area contributed by atoms with Crippen LogP contribution in [0.5, 0.6) is 0 Å². The van der Waals surface area contributed by atoms with Crippen LogP contribution in [0.1, 0.15) is 44.5 Å². The molecule has 0 spiro atoms. The molecule has 2 N–H and O–H groups in total. The molecule has 0 unspecified atom stereocenters. The summed E-state index contributed by atoms with van der Waals surface area (Å²) in [7, 11) is -3.63. The zero-order chi connectivity index (χ0) is 18.8. The molecule has 0 aromatic heterocycles. The lowest BCUT2D eigenvalue weighted by Gasteiger charge is -2.20. The zero-order valence-electron chi connectivity index (χ0n) is 15.0. The summed E-state index contributed by atoms with van der Waals surface area (Å²) in [6.07, 6.45) is 0.716. The van der Waals surface area contributed by atoms with E-state index in [1.165, 1.54) is 31.2 Å². The zero-order valence-corrected chi connectivity index (χ0v) is 15.8. The first-order valence-corrected chi connectivity index (χ1v) is 9.67. The summed E-state index contributed by atoms with van der Waals surface area (Å²) in [4.78, 5) is 25.4. The molecule has 1 aromatic carbocycles. The van der Waals surface area contributed by atoms with Gasteiger partial charge in [-0.05, 0) is 51.5 Å². The standard InChI is InChI=1S/C17H25N3O4S/c1-12(21)20-10-9-14(11-20)18-16(22)13-5-7-15(8-6-13)25(23,24)19-17(2,3)4/h5-8,14,19H,9-11H2,1-4H3,(H,18,22)/t14-/m0/s1. The molecule has 0 radical (unpaired) electrons. The fourth-order valence-electron chi connectivity index (χ4n) is 2.68. The van der Waals surface area contributed by atoms with Gasteiger partial charge in [-0.1, -0.05) is 0 Å². The summed E-state index contributed by atoms with van der Waals surface area (Å²) >= 11 is 0. The second-order valence-corrected chi connectivity index (χ2v) is 8.99. The number of hydrogen-bond acceptors (Lipinski definition) is 4. The van der Waals surface area contributed by atoms with Crippen LogP contribution in [0.25, 0.3) is 0 Å². The van der Waals surface area contributed by atoms with E-state index in [0.717, 1.165) is 0 Å². The van der Waals surface area contributed by atoms with Gasteiger partial charge in [-0.2, -0.15) is 0 Å². The van der Waals surface area contributed by atoms with Gasteiger partial charge in [0, 0.05) is 37.2 Å². The Balaban J connectivity index is 2.02. The van der Waals surface area contributed by atoms with Crippen LogP contribution in [0.15, 0.2) is 29.2 Å². The van der Waals surface area contributed by atoms with Crippen molar-refractivity contribution in [2.24, 2.45) is 0 Å². The predicted octanol–water partition coefficient (Wildman–Crippen LogP) is 1.11. The van der Waals surface area contributed by atoms with Crippen LogP contribution < -0.4 is 10.0 Å². The average Bonchev–Trinajstić information content (AvgIpc) is 2.93. The number of nitrogens with zero attached hydrogens (tertiary/aromatic N) is 1. The molecule has 0 bridgehead atoms. The van der Waals surface area contributed by atoms with Crippen molar-refractivity contribution in [2.45, 2.75) is 50.6 Å². The van der Waals surface area contributed by atoms with Gasteiger partial charge in [-0.25, -0.2) is 13.1 Å². The van der Waals surface area contributed by atoms with Gasteiger partial charge in [-0.3, -0.25) is 9.59 Å². The van der Waals surface area contributed by atoms with E-state index >= 15 is 0 Å². The second kappa shape index (κ2) is 7.13. The number of benzene rings is 1. The minimum atomic E-state index is -3.63. The van der Waals surface area contributed by atoms with E-state index in [-0.39, 0.29) is 22.8 Å². The Bertz CT molecular complexity index is 751. The molecule has 2 rings (SSSR count). The smallest absolute Gasteiger partial charge is 0.251 e. The summed E-state index contributed by atoms with van der Waals surface area (Å²) in [6.45, 7) is 7.93. The fourth-order valence-corrected chi connectivity index (χ4v) is 4.10. The number of rotatable bonds is 4. The summed E-state index contributed by atoms with van der Waals surface area (Å²) in [5.74, 6) is -0.277. The molecule has 25 heavy (non-hydrogen) atoms. The topological polar surface area (TPSA) is 95.6 Å². The number of carbonyl (C=O) groups excluding carboxylic acids is 2. The first-order chi connectivity index (χ1) is 11.5. The first-order valence-electron chi connectivity index (χ1n) is 8.18. The van der Waals surface area contributed by atoms with Crippen molar-refractivity contribution in [3.63, 3.8) is 0 Å². The molecule has 0 aliphatic carbocycles. The lowest BCUT2D eigenvalue weighted by Crippen LogP contribution is -2.40. The largest absolute Gasteiger partial charge is 0.347 e. The summed E-state index contributed by atoms with van der Waals surface area (Å²) < 4.78 is 27.1. The molecule has 1 aromatic rings. The van der Waals surface area contributed by atoms with E-state index < -0.39 is 15.6 Å². The van der Waals surface area contributed by atoms with Gasteiger partial charge in [0.2, 0.25) is 15.9 Å². The molecule has 0 saturated carbocycles. The van der Waals surface area contributed by atoms with E-state index in [9.17, 15) is 18.0 Å². The van der Waals surface area contributed by atoms with Crippen LogP contribution in [0.3, 0.4) is 0 Å². The lowest BCUT2D eigenvalue weighted by atomic mass is 10.1. The number of amides is 2. The highest BCUT2D eigenvalue weighted by Gasteiger charge is 2.26. The summed E-state index contributed by atoms with van der Waals surface area (Å²) in [5.41, 5.74) is -0.198. The highest BCUT2D eigenvalue weighted by atomic mass is 32.2. The van der Waals surface area contributed by atoms with Crippen LogP contribution in [-0.2, 0) is 14.8 Å². The monoisotopic (exact) mass is 367 g/mol. The van der Waals surface area contributed by atoms with Crippen molar-refractivity contribution in [1.82, 2.24) is 14.9 Å². The summed E-state index contributed by atoms with van der Waals surface area (Å²) in [6, 6.07) is 5.73. The summed E-state index contributed by atoms with van der Waals surface area (Å²) in [5, 5.41) is 2.88. The Morgan fingerprint density at radius 2 is 1.76 bits per heavy atom. The molecule has 1 aliphatic heterocycles. The molecular weight excluding hydrogens is 342 g/mol. The van der Waals surface area contributed by atoms with Gasteiger partial charge in [0.05, 0.1) is 4.90 Å². The molecule has 2 amide bonds. The van der Waals surface area contributed by atoms with Crippen molar-refractivity contribution < 1.29 is 18.0 Å². The van der Waals surface area contributed by atoms with E-state index in [1.54, 1.807) is 25.7 Å². The van der Waals surface area contributed by atoms with Crippen molar-refractivity contribution in [3.05, 3.63) is 29.8 Å². The van der Waals surface area contributed by atoms with Crippen molar-refractivity contribution >= 4 is 21.8 Å². The maximum Gasteiger partial charge on any atom is 0.251 e. The molecule has 1 atom stereocenters. The van der Waals surface area contributed by atoms with Crippen LogP contribution in [-0.4, -0.2) is 49.8 Å². The third-order valence-electron chi connectivity index (χ3n) is 3.84. The fraction of sp³-hybridized carbons (Fsp3) is 0.529. The first kappa shape index (κ1) is 19.4. The Morgan fingerprint density at radius 3 is 2.24 bits per heavy atom. The van der Waals surface area contributed by atoms with Gasteiger partial charge in [0.1, 0.15) is 0 Å². The van der Waals surface area contributed by atoms with Crippen molar-refractivity contribution in [3.8, 4) is 0 Å². The SMILES string of the molecule is CC(=O)N1CC[C@H](NC(=O)c2ccc(S(=O)(=O)NC(C)(C)C)cc2)C1. The molecule has 8 heteroatoms. The number of hydrogen-bond donors (Lipinski definition) is 2. The molecule has 1 fully saturated rings. The predicted molar refractivity (Wildman–Crippen MR) is 94.6 cm³/mol. The van der Waals surface area contributed by atoms with Crippen molar-refractivity contribution in [2.75, 3.05) is 13.1 Å².